The standard InChI is InChI=1S/C27H44O3/c1-25(2,30)11-5-13-27(14-15-27)24-10-9-23-20(6-4-12-26(23,24)3)8-7-19-16-21(28)18-22(29)17-19/h7-8,21-24,28-30H,4-6,9-18H2,1-3H3/b19-7-,20-8+/t21?,22-,23?,24?,26+/m1/s1. The minimum absolute atomic E-state index is 0.385. The molecule has 0 aliphatic heterocycles. The van der Waals surface area contributed by atoms with E-state index in [0.717, 1.165) is 31.6 Å². The molecule has 30 heavy (non-hydrogen) atoms. The lowest BCUT2D eigenvalue weighted by Gasteiger charge is -2.45. The first-order valence-corrected chi connectivity index (χ1v) is 12.6. The monoisotopic (exact) mass is 416 g/mol. The Labute approximate surface area is 183 Å². The van der Waals surface area contributed by atoms with Crippen LogP contribution in [-0.4, -0.2) is 33.1 Å². The van der Waals surface area contributed by atoms with Gasteiger partial charge in [0.05, 0.1) is 17.8 Å². The Morgan fingerprint density at radius 2 is 1.73 bits per heavy atom. The molecule has 0 aromatic carbocycles. The lowest BCUT2D eigenvalue weighted by molar-refractivity contribution is 0.0520. The minimum Gasteiger partial charge on any atom is -0.393 e. The van der Waals surface area contributed by atoms with E-state index in [2.05, 4.69) is 19.1 Å². The van der Waals surface area contributed by atoms with E-state index in [-0.39, 0.29) is 12.2 Å². The van der Waals surface area contributed by atoms with Gasteiger partial charge < -0.3 is 15.3 Å². The van der Waals surface area contributed by atoms with Crippen molar-refractivity contribution in [2.24, 2.45) is 22.7 Å². The van der Waals surface area contributed by atoms with Crippen LogP contribution >= 0.6 is 0 Å². The summed E-state index contributed by atoms with van der Waals surface area (Å²) in [5.74, 6) is 1.55. The highest BCUT2D eigenvalue weighted by molar-refractivity contribution is 5.27. The van der Waals surface area contributed by atoms with Crippen molar-refractivity contribution >= 4 is 0 Å². The number of hydrogen-bond donors (Lipinski definition) is 3. The Hall–Kier alpha value is -0.640. The first kappa shape index (κ1) is 22.6. The molecule has 3 unspecified atom stereocenters. The maximum absolute atomic E-state index is 10.1. The van der Waals surface area contributed by atoms with E-state index in [1.807, 2.05) is 13.8 Å². The van der Waals surface area contributed by atoms with Gasteiger partial charge in [-0.15, -0.1) is 0 Å². The van der Waals surface area contributed by atoms with Crippen molar-refractivity contribution in [1.82, 2.24) is 0 Å². The molecule has 0 radical (unpaired) electrons. The Kier molecular flexibility index (Phi) is 6.29. The second kappa shape index (κ2) is 8.37. The van der Waals surface area contributed by atoms with Gasteiger partial charge in [-0.3, -0.25) is 0 Å². The van der Waals surface area contributed by atoms with Crippen molar-refractivity contribution in [2.45, 2.75) is 122 Å². The maximum atomic E-state index is 10.1. The predicted molar refractivity (Wildman–Crippen MR) is 122 cm³/mol. The van der Waals surface area contributed by atoms with Gasteiger partial charge in [0.2, 0.25) is 0 Å². The number of allylic oxidation sites excluding steroid dienone is 3. The molecule has 0 spiro atoms. The molecule has 170 valence electrons. The molecule has 0 amide bonds. The molecule has 4 saturated carbocycles. The molecular weight excluding hydrogens is 372 g/mol. The zero-order valence-electron chi connectivity index (χ0n) is 19.5. The first-order valence-electron chi connectivity index (χ1n) is 12.6. The van der Waals surface area contributed by atoms with E-state index in [4.69, 9.17) is 0 Å². The number of fused-ring (bicyclic) bond motifs is 1. The number of aliphatic hydroxyl groups is 3. The molecule has 3 heteroatoms. The Bertz CT molecular complexity index is 669. The van der Waals surface area contributed by atoms with Gasteiger partial charge in [-0.2, -0.15) is 0 Å². The largest absolute Gasteiger partial charge is 0.393 e. The summed E-state index contributed by atoms with van der Waals surface area (Å²) in [7, 11) is 0. The summed E-state index contributed by atoms with van der Waals surface area (Å²) in [6.45, 7) is 6.46. The van der Waals surface area contributed by atoms with Crippen molar-refractivity contribution in [3.8, 4) is 0 Å². The Balaban J connectivity index is 1.46. The Morgan fingerprint density at radius 1 is 1.03 bits per heavy atom. The van der Waals surface area contributed by atoms with E-state index in [9.17, 15) is 15.3 Å². The molecule has 3 N–H and O–H groups in total. The zero-order valence-corrected chi connectivity index (χ0v) is 19.5. The van der Waals surface area contributed by atoms with E-state index >= 15 is 0 Å². The van der Waals surface area contributed by atoms with E-state index in [1.54, 1.807) is 5.57 Å². The van der Waals surface area contributed by atoms with Crippen LogP contribution in [0.3, 0.4) is 0 Å². The van der Waals surface area contributed by atoms with Crippen LogP contribution in [0.25, 0.3) is 0 Å². The first-order chi connectivity index (χ1) is 14.1. The minimum atomic E-state index is -0.535. The van der Waals surface area contributed by atoms with Crippen molar-refractivity contribution in [1.29, 1.82) is 0 Å². The zero-order chi connectivity index (χ0) is 21.6. The van der Waals surface area contributed by atoms with Gasteiger partial charge in [-0.05, 0) is 114 Å². The molecule has 0 saturated heterocycles. The summed E-state index contributed by atoms with van der Waals surface area (Å²) in [5, 5.41) is 30.1. The van der Waals surface area contributed by atoms with Gasteiger partial charge in [0.15, 0.2) is 0 Å². The average molecular weight is 417 g/mol. The fourth-order valence-electron chi connectivity index (χ4n) is 7.58. The average Bonchev–Trinajstić information content (AvgIpc) is 3.31. The molecule has 3 nitrogen and oxygen atoms in total. The maximum Gasteiger partial charge on any atom is 0.0602 e. The molecule has 4 aliphatic carbocycles. The molecule has 0 aromatic heterocycles. The van der Waals surface area contributed by atoms with Crippen LogP contribution in [0.2, 0.25) is 0 Å². The topological polar surface area (TPSA) is 60.7 Å². The molecular formula is C27H44O3. The summed E-state index contributed by atoms with van der Waals surface area (Å²) in [4.78, 5) is 0. The molecule has 0 aromatic rings. The van der Waals surface area contributed by atoms with E-state index < -0.39 is 5.60 Å². The summed E-state index contributed by atoms with van der Waals surface area (Å²) in [6.07, 6.45) is 18.5. The molecule has 4 fully saturated rings. The molecule has 0 heterocycles. The summed E-state index contributed by atoms with van der Waals surface area (Å²) >= 11 is 0. The third-order valence-corrected chi connectivity index (χ3v) is 9.13. The van der Waals surface area contributed by atoms with Crippen molar-refractivity contribution in [3.05, 3.63) is 23.3 Å². The van der Waals surface area contributed by atoms with Gasteiger partial charge in [-0.1, -0.05) is 36.6 Å². The second-order valence-electron chi connectivity index (χ2n) is 12.1. The fraction of sp³-hybridized carbons (Fsp3) is 0.852. The number of hydrogen-bond acceptors (Lipinski definition) is 3. The van der Waals surface area contributed by atoms with Gasteiger partial charge in [-0.25, -0.2) is 0 Å². The van der Waals surface area contributed by atoms with Gasteiger partial charge in [0.1, 0.15) is 0 Å². The van der Waals surface area contributed by atoms with Crippen molar-refractivity contribution in [2.75, 3.05) is 0 Å². The predicted octanol–water partition coefficient (Wildman–Crippen LogP) is 5.68. The summed E-state index contributed by atoms with van der Waals surface area (Å²) < 4.78 is 0. The van der Waals surface area contributed by atoms with Crippen LogP contribution in [0.15, 0.2) is 23.3 Å². The smallest absolute Gasteiger partial charge is 0.0602 e. The van der Waals surface area contributed by atoms with Crippen LogP contribution in [0, 0.1) is 22.7 Å². The lowest BCUT2D eigenvalue weighted by atomic mass is 9.59. The van der Waals surface area contributed by atoms with Crippen molar-refractivity contribution in [3.63, 3.8) is 0 Å². The molecule has 4 aliphatic rings. The Morgan fingerprint density at radius 3 is 2.37 bits per heavy atom. The molecule has 5 atom stereocenters. The third kappa shape index (κ3) is 4.74. The van der Waals surface area contributed by atoms with E-state index in [1.165, 1.54) is 56.9 Å². The van der Waals surface area contributed by atoms with Crippen LogP contribution < -0.4 is 0 Å². The van der Waals surface area contributed by atoms with Crippen LogP contribution in [-0.2, 0) is 0 Å². The second-order valence-corrected chi connectivity index (χ2v) is 12.1. The normalized spacial score (nSPS) is 41.3. The van der Waals surface area contributed by atoms with Gasteiger partial charge in [0, 0.05) is 0 Å². The number of rotatable bonds is 6. The van der Waals surface area contributed by atoms with Crippen LogP contribution in [0.4, 0.5) is 0 Å². The molecule has 4 rings (SSSR count). The SMILES string of the molecule is CC(C)(O)CCCC1(C2CCC3/C(=C/C=C4/CC(O)C[C@H](O)C4)CCC[C@@]32C)CC1. The lowest BCUT2D eigenvalue weighted by Crippen LogP contribution is -2.37. The van der Waals surface area contributed by atoms with Gasteiger partial charge in [0.25, 0.3) is 0 Å². The van der Waals surface area contributed by atoms with Gasteiger partial charge >= 0.3 is 0 Å². The quantitative estimate of drug-likeness (QED) is 0.522. The number of aliphatic hydroxyl groups excluding tert-OH is 2. The van der Waals surface area contributed by atoms with Crippen molar-refractivity contribution < 1.29 is 15.3 Å². The highest BCUT2D eigenvalue weighted by Gasteiger charge is 2.60. The fourth-order valence-corrected chi connectivity index (χ4v) is 7.58. The van der Waals surface area contributed by atoms with Crippen LogP contribution in [0.5, 0.6) is 0 Å². The van der Waals surface area contributed by atoms with Crippen LogP contribution in [0.1, 0.15) is 104 Å². The molecule has 0 bridgehead atoms. The summed E-state index contributed by atoms with van der Waals surface area (Å²) in [5.41, 5.74) is 3.28. The summed E-state index contributed by atoms with van der Waals surface area (Å²) in [6, 6.07) is 0. The van der Waals surface area contributed by atoms with E-state index in [0.29, 0.717) is 23.2 Å². The third-order valence-electron chi connectivity index (χ3n) is 9.13. The highest BCUT2D eigenvalue weighted by Crippen LogP contribution is 2.70. The highest BCUT2D eigenvalue weighted by atomic mass is 16.3.